The number of carbonyl (C=O) groups is 1. The van der Waals surface area contributed by atoms with Gasteiger partial charge in [-0.05, 0) is 22.0 Å². The van der Waals surface area contributed by atoms with E-state index in [4.69, 9.17) is 10.00 Å². The van der Waals surface area contributed by atoms with Gasteiger partial charge in [0.05, 0.1) is 25.7 Å². The zero-order valence-electron chi connectivity index (χ0n) is 11.8. The van der Waals surface area contributed by atoms with Crippen molar-refractivity contribution in [2.75, 3.05) is 45.9 Å². The molecule has 1 saturated heterocycles. The fraction of sp³-hybridized carbons (Fsp3) is 0.571. The number of ether oxygens (including phenoxy) is 1. The van der Waals surface area contributed by atoms with Crippen LogP contribution in [0.1, 0.15) is 16.9 Å². The van der Waals surface area contributed by atoms with Gasteiger partial charge in [0.1, 0.15) is 5.69 Å². The third-order valence-electron chi connectivity index (χ3n) is 3.45. The van der Waals surface area contributed by atoms with E-state index in [1.54, 1.807) is 17.2 Å². The van der Waals surface area contributed by atoms with Gasteiger partial charge in [-0.1, -0.05) is 0 Å². The Morgan fingerprint density at radius 1 is 1.48 bits per heavy atom. The van der Waals surface area contributed by atoms with Crippen molar-refractivity contribution in [3.05, 3.63) is 22.4 Å². The Bertz CT molecular complexity index is 505. The monoisotopic (exact) mass is 354 g/mol. The second kappa shape index (κ2) is 8.17. The van der Waals surface area contributed by atoms with Gasteiger partial charge in [-0.3, -0.25) is 9.69 Å². The van der Waals surface area contributed by atoms with Crippen molar-refractivity contribution < 1.29 is 9.53 Å². The molecule has 1 aromatic heterocycles. The summed E-state index contributed by atoms with van der Waals surface area (Å²) in [5.74, 6) is -0.0655. The van der Waals surface area contributed by atoms with E-state index in [0.717, 1.165) is 37.3 Å². The number of hydrogen-bond acceptors (Lipinski definition) is 4. The van der Waals surface area contributed by atoms with Crippen molar-refractivity contribution >= 4 is 21.8 Å². The van der Waals surface area contributed by atoms with Gasteiger partial charge in [-0.25, -0.2) is 0 Å². The number of carbonyl (C=O) groups excluding carboxylic acids is 1. The molecule has 0 unspecified atom stereocenters. The van der Waals surface area contributed by atoms with Crippen molar-refractivity contribution in [3.63, 3.8) is 0 Å². The SMILES string of the molecule is N#CCCN(CCN1CCOCC1)C(=O)c1cc(Br)c[nH]1. The molecular formula is C14H19BrN4O2. The minimum atomic E-state index is -0.0655. The van der Waals surface area contributed by atoms with Crippen molar-refractivity contribution in [1.29, 1.82) is 5.26 Å². The summed E-state index contributed by atoms with van der Waals surface area (Å²) in [6.07, 6.45) is 2.08. The third kappa shape index (κ3) is 4.84. The maximum Gasteiger partial charge on any atom is 0.270 e. The number of nitriles is 1. The van der Waals surface area contributed by atoms with Crippen LogP contribution in [0.15, 0.2) is 16.7 Å². The molecule has 1 aliphatic rings. The van der Waals surface area contributed by atoms with E-state index >= 15 is 0 Å². The van der Waals surface area contributed by atoms with Gasteiger partial charge in [-0.2, -0.15) is 5.26 Å². The highest BCUT2D eigenvalue weighted by molar-refractivity contribution is 9.10. The summed E-state index contributed by atoms with van der Waals surface area (Å²) in [6, 6.07) is 3.86. The largest absolute Gasteiger partial charge is 0.379 e. The van der Waals surface area contributed by atoms with E-state index in [9.17, 15) is 4.79 Å². The van der Waals surface area contributed by atoms with Crippen LogP contribution in [0.4, 0.5) is 0 Å². The van der Waals surface area contributed by atoms with E-state index in [1.165, 1.54) is 0 Å². The summed E-state index contributed by atoms with van der Waals surface area (Å²) in [4.78, 5) is 19.4. The van der Waals surface area contributed by atoms with Crippen molar-refractivity contribution in [2.24, 2.45) is 0 Å². The highest BCUT2D eigenvalue weighted by Crippen LogP contribution is 2.13. The molecule has 1 amide bonds. The Morgan fingerprint density at radius 2 is 2.24 bits per heavy atom. The summed E-state index contributed by atoms with van der Waals surface area (Å²) < 4.78 is 6.16. The fourth-order valence-corrected chi connectivity index (χ4v) is 2.59. The van der Waals surface area contributed by atoms with E-state index in [-0.39, 0.29) is 5.91 Å². The Kier molecular flexibility index (Phi) is 6.23. The van der Waals surface area contributed by atoms with Crippen LogP contribution in [-0.4, -0.2) is 66.6 Å². The summed E-state index contributed by atoms with van der Waals surface area (Å²) >= 11 is 3.33. The lowest BCUT2D eigenvalue weighted by Crippen LogP contribution is -2.43. The number of H-pyrrole nitrogens is 1. The van der Waals surface area contributed by atoms with Crippen LogP contribution in [-0.2, 0) is 4.74 Å². The highest BCUT2D eigenvalue weighted by Gasteiger charge is 2.19. The molecule has 0 spiro atoms. The summed E-state index contributed by atoms with van der Waals surface area (Å²) in [7, 11) is 0. The van der Waals surface area contributed by atoms with E-state index in [0.29, 0.717) is 25.2 Å². The topological polar surface area (TPSA) is 72.4 Å². The van der Waals surface area contributed by atoms with Crippen molar-refractivity contribution in [1.82, 2.24) is 14.8 Å². The maximum atomic E-state index is 12.5. The predicted molar refractivity (Wildman–Crippen MR) is 81.9 cm³/mol. The predicted octanol–water partition coefficient (Wildman–Crippen LogP) is 1.47. The van der Waals surface area contributed by atoms with Gasteiger partial charge >= 0.3 is 0 Å². The minimum Gasteiger partial charge on any atom is -0.379 e. The van der Waals surface area contributed by atoms with Crippen molar-refractivity contribution in [2.45, 2.75) is 6.42 Å². The van der Waals surface area contributed by atoms with Crippen molar-refractivity contribution in [3.8, 4) is 6.07 Å². The summed E-state index contributed by atoms with van der Waals surface area (Å²) in [6.45, 7) is 5.17. The molecule has 0 bridgehead atoms. The second-order valence-electron chi connectivity index (χ2n) is 4.89. The van der Waals surface area contributed by atoms with Crippen LogP contribution in [0, 0.1) is 11.3 Å². The first-order valence-electron chi connectivity index (χ1n) is 7.01. The van der Waals surface area contributed by atoms with E-state index in [1.807, 2.05) is 0 Å². The number of hydrogen-bond donors (Lipinski definition) is 1. The summed E-state index contributed by atoms with van der Waals surface area (Å²) in [5, 5.41) is 8.76. The quantitative estimate of drug-likeness (QED) is 0.839. The third-order valence-corrected chi connectivity index (χ3v) is 3.91. The van der Waals surface area contributed by atoms with Crippen LogP contribution in [0.2, 0.25) is 0 Å². The molecule has 0 radical (unpaired) electrons. The smallest absolute Gasteiger partial charge is 0.270 e. The van der Waals surface area contributed by atoms with Gasteiger partial charge in [0.15, 0.2) is 0 Å². The average molecular weight is 355 g/mol. The molecule has 2 rings (SSSR count). The Labute approximate surface area is 132 Å². The molecule has 6 nitrogen and oxygen atoms in total. The van der Waals surface area contributed by atoms with Crippen LogP contribution in [0.3, 0.4) is 0 Å². The molecule has 0 atom stereocenters. The van der Waals surface area contributed by atoms with Crippen LogP contribution >= 0.6 is 15.9 Å². The van der Waals surface area contributed by atoms with Gasteiger partial charge in [0, 0.05) is 43.4 Å². The fourth-order valence-electron chi connectivity index (χ4n) is 2.25. The van der Waals surface area contributed by atoms with Gasteiger partial charge in [-0.15, -0.1) is 0 Å². The van der Waals surface area contributed by atoms with Gasteiger partial charge < -0.3 is 14.6 Å². The van der Waals surface area contributed by atoms with Gasteiger partial charge in [0.25, 0.3) is 5.91 Å². The molecule has 1 aromatic rings. The Morgan fingerprint density at radius 3 is 2.86 bits per heavy atom. The van der Waals surface area contributed by atoms with E-state index < -0.39 is 0 Å². The minimum absolute atomic E-state index is 0.0655. The first-order valence-corrected chi connectivity index (χ1v) is 7.80. The molecule has 0 saturated carbocycles. The lowest BCUT2D eigenvalue weighted by Gasteiger charge is -2.29. The number of morpholine rings is 1. The number of aromatic nitrogens is 1. The molecular weight excluding hydrogens is 336 g/mol. The molecule has 1 aliphatic heterocycles. The number of rotatable bonds is 6. The molecule has 0 aromatic carbocycles. The first-order chi connectivity index (χ1) is 10.2. The standard InChI is InChI=1S/C14H19BrN4O2/c15-12-10-13(17-11-12)14(20)19(3-1-2-16)5-4-18-6-8-21-9-7-18/h10-11,17H,1,3-9H2. The number of nitrogens with zero attached hydrogens (tertiary/aromatic N) is 3. The van der Waals surface area contributed by atoms with Crippen LogP contribution in [0.5, 0.6) is 0 Å². The molecule has 1 N–H and O–H groups in total. The van der Waals surface area contributed by atoms with Crippen LogP contribution in [0.25, 0.3) is 0 Å². The summed E-state index contributed by atoms with van der Waals surface area (Å²) in [5.41, 5.74) is 0.543. The number of nitrogens with one attached hydrogen (secondary N) is 1. The first kappa shape index (κ1) is 16.0. The average Bonchev–Trinajstić information content (AvgIpc) is 2.94. The molecule has 2 heterocycles. The number of amides is 1. The lowest BCUT2D eigenvalue weighted by atomic mass is 10.3. The van der Waals surface area contributed by atoms with E-state index in [2.05, 4.69) is 31.9 Å². The molecule has 1 fully saturated rings. The second-order valence-corrected chi connectivity index (χ2v) is 5.80. The normalized spacial score (nSPS) is 15.6. The molecule has 114 valence electrons. The maximum absolute atomic E-state index is 12.5. The molecule has 21 heavy (non-hydrogen) atoms. The highest BCUT2D eigenvalue weighted by atomic mass is 79.9. The zero-order chi connectivity index (χ0) is 15.1. The van der Waals surface area contributed by atoms with Gasteiger partial charge in [0.2, 0.25) is 0 Å². The Hall–Kier alpha value is -1.36. The molecule has 0 aliphatic carbocycles. The number of halogens is 1. The number of aromatic amines is 1. The van der Waals surface area contributed by atoms with Crippen LogP contribution < -0.4 is 0 Å². The molecule has 7 heteroatoms. The zero-order valence-corrected chi connectivity index (χ0v) is 13.4. The Balaban J connectivity index is 1.93. The lowest BCUT2D eigenvalue weighted by molar-refractivity contribution is 0.0325.